The molecule has 11 heteroatoms. The van der Waals surface area contributed by atoms with E-state index in [1.54, 1.807) is 25.2 Å². The van der Waals surface area contributed by atoms with E-state index < -0.39 is 29.4 Å². The lowest BCUT2D eigenvalue weighted by atomic mass is 10.0. The fraction of sp³-hybridized carbons (Fsp3) is 0.231. The summed E-state index contributed by atoms with van der Waals surface area (Å²) in [5.74, 6) is 5.05. The minimum Gasteiger partial charge on any atom is -0.489 e. The van der Waals surface area contributed by atoms with Gasteiger partial charge in [-0.1, -0.05) is 11.8 Å². The van der Waals surface area contributed by atoms with Gasteiger partial charge in [0, 0.05) is 24.9 Å². The predicted octanol–water partition coefficient (Wildman–Crippen LogP) is 1.67. The molecule has 1 atom stereocenters. The fourth-order valence-corrected chi connectivity index (χ4v) is 3.63. The van der Waals surface area contributed by atoms with E-state index in [9.17, 15) is 19.1 Å². The van der Waals surface area contributed by atoms with Crippen LogP contribution in [0.1, 0.15) is 16.1 Å². The zero-order valence-corrected chi connectivity index (χ0v) is 19.6. The number of nitrogens with one attached hydrogen (secondary N) is 1. The van der Waals surface area contributed by atoms with Gasteiger partial charge in [0.15, 0.2) is 5.60 Å². The van der Waals surface area contributed by atoms with Crippen LogP contribution < -0.4 is 19.7 Å². The molecule has 5 rings (SSSR count). The Balaban J connectivity index is 1.28. The van der Waals surface area contributed by atoms with Gasteiger partial charge in [0.25, 0.3) is 11.8 Å². The van der Waals surface area contributed by atoms with Crippen LogP contribution >= 0.6 is 0 Å². The molecule has 2 aromatic heterocycles. The molecule has 188 valence electrons. The molecule has 0 bridgehead atoms. The summed E-state index contributed by atoms with van der Waals surface area (Å²) in [4.78, 5) is 35.0. The smallest absolute Gasteiger partial charge is 0.270 e. The predicted molar refractivity (Wildman–Crippen MR) is 128 cm³/mol. The van der Waals surface area contributed by atoms with E-state index in [-0.39, 0.29) is 37.0 Å². The van der Waals surface area contributed by atoms with Gasteiger partial charge in [-0.15, -0.1) is 0 Å². The SMILES string of the molecule is CN1C(=O)C(NC(=O)c2cc(Oc3ccc(F)nc3)ccn2)COc2ccc(C#CC3(O)COC3)cc21. The first-order valence-corrected chi connectivity index (χ1v) is 11.2. The number of amides is 2. The van der Waals surface area contributed by atoms with Gasteiger partial charge in [-0.25, -0.2) is 4.98 Å². The second kappa shape index (κ2) is 9.85. The molecule has 4 heterocycles. The number of likely N-dealkylation sites (N-methyl/N-ethyl adjacent to an activating group) is 1. The molecule has 2 N–H and O–H groups in total. The fourth-order valence-electron chi connectivity index (χ4n) is 3.63. The number of aromatic nitrogens is 2. The Hall–Kier alpha value is -4.53. The maximum atomic E-state index is 13.2. The van der Waals surface area contributed by atoms with Gasteiger partial charge in [-0.2, -0.15) is 4.39 Å². The minimum atomic E-state index is -1.16. The summed E-state index contributed by atoms with van der Waals surface area (Å²) in [5, 5.41) is 12.8. The van der Waals surface area contributed by atoms with Gasteiger partial charge in [0.05, 0.1) is 25.1 Å². The van der Waals surface area contributed by atoms with Gasteiger partial charge in [0.2, 0.25) is 5.95 Å². The van der Waals surface area contributed by atoms with E-state index in [1.807, 2.05) is 0 Å². The van der Waals surface area contributed by atoms with Gasteiger partial charge < -0.3 is 29.5 Å². The van der Waals surface area contributed by atoms with Gasteiger partial charge in [-0.3, -0.25) is 14.6 Å². The number of benzene rings is 1. The van der Waals surface area contributed by atoms with Crippen LogP contribution in [0.4, 0.5) is 10.1 Å². The lowest BCUT2D eigenvalue weighted by Crippen LogP contribution is -2.49. The summed E-state index contributed by atoms with van der Waals surface area (Å²) in [6.07, 6.45) is 2.59. The molecule has 1 aromatic carbocycles. The number of ether oxygens (including phenoxy) is 3. The Kier molecular flexibility index (Phi) is 6.43. The van der Waals surface area contributed by atoms with E-state index in [0.717, 1.165) is 6.07 Å². The van der Waals surface area contributed by atoms with Crippen molar-refractivity contribution in [2.45, 2.75) is 11.6 Å². The Labute approximate surface area is 211 Å². The third-order valence-corrected chi connectivity index (χ3v) is 5.68. The number of halogens is 1. The first-order valence-electron chi connectivity index (χ1n) is 11.2. The molecule has 0 aliphatic carbocycles. The van der Waals surface area contributed by atoms with Crippen LogP contribution in [0.3, 0.4) is 0 Å². The Morgan fingerprint density at radius 3 is 2.78 bits per heavy atom. The average molecular weight is 504 g/mol. The van der Waals surface area contributed by atoms with Gasteiger partial charge >= 0.3 is 0 Å². The van der Waals surface area contributed by atoms with Crippen LogP contribution in [0.2, 0.25) is 0 Å². The normalized spacial score (nSPS) is 17.8. The average Bonchev–Trinajstić information content (AvgIpc) is 3.00. The van der Waals surface area contributed by atoms with Gasteiger partial charge in [-0.05, 0) is 36.4 Å². The van der Waals surface area contributed by atoms with Crippen molar-refractivity contribution in [2.75, 3.05) is 31.8 Å². The number of anilines is 1. The van der Waals surface area contributed by atoms with Crippen molar-refractivity contribution in [2.24, 2.45) is 0 Å². The first kappa shape index (κ1) is 24.2. The van der Waals surface area contributed by atoms with Crippen molar-refractivity contribution in [3.05, 3.63) is 72.1 Å². The Bertz CT molecular complexity index is 1410. The quantitative estimate of drug-likeness (QED) is 0.407. The standard InChI is InChI=1S/C26H21FN4O6/c1-31-21-10-16(6-8-26(34)14-35-15-26)2-4-22(21)36-13-20(25(31)33)30-24(32)19-11-17(7-9-28-19)37-18-3-5-23(27)29-12-18/h2-5,7,9-12,20,34H,13-15H2,1H3,(H,30,32). The zero-order valence-electron chi connectivity index (χ0n) is 19.6. The van der Waals surface area contributed by atoms with Gasteiger partial charge in [0.1, 0.15) is 35.6 Å². The number of hydrogen-bond acceptors (Lipinski definition) is 8. The van der Waals surface area contributed by atoms with Crippen molar-refractivity contribution in [3.63, 3.8) is 0 Å². The number of carbonyl (C=O) groups is 2. The number of aliphatic hydroxyl groups is 1. The Morgan fingerprint density at radius 2 is 2.05 bits per heavy atom. The van der Waals surface area contributed by atoms with Crippen molar-refractivity contribution in [1.29, 1.82) is 0 Å². The summed E-state index contributed by atoms with van der Waals surface area (Å²) >= 11 is 0. The number of pyridine rings is 2. The second-order valence-corrected chi connectivity index (χ2v) is 8.49. The molecule has 1 unspecified atom stereocenters. The van der Waals surface area contributed by atoms with Crippen molar-refractivity contribution in [3.8, 4) is 29.1 Å². The molecule has 2 aliphatic heterocycles. The summed E-state index contributed by atoms with van der Waals surface area (Å²) in [6, 6.07) is 9.57. The van der Waals surface area contributed by atoms with E-state index in [4.69, 9.17) is 14.2 Å². The molecule has 2 amide bonds. The number of nitrogens with zero attached hydrogens (tertiary/aromatic N) is 3. The summed E-state index contributed by atoms with van der Waals surface area (Å²) in [5.41, 5.74) is -0.0820. The second-order valence-electron chi connectivity index (χ2n) is 8.49. The van der Waals surface area contributed by atoms with E-state index in [2.05, 4.69) is 27.1 Å². The Morgan fingerprint density at radius 1 is 1.22 bits per heavy atom. The van der Waals surface area contributed by atoms with E-state index in [0.29, 0.717) is 17.0 Å². The highest BCUT2D eigenvalue weighted by Gasteiger charge is 2.34. The topological polar surface area (TPSA) is 123 Å². The maximum Gasteiger partial charge on any atom is 0.270 e. The molecule has 0 radical (unpaired) electrons. The maximum absolute atomic E-state index is 13.2. The molecular formula is C26H21FN4O6. The van der Waals surface area contributed by atoms with Crippen LogP contribution in [-0.4, -0.2) is 65.4 Å². The zero-order chi connectivity index (χ0) is 26.0. The lowest BCUT2D eigenvalue weighted by Gasteiger charge is -2.30. The number of hydrogen-bond donors (Lipinski definition) is 2. The summed E-state index contributed by atoms with van der Waals surface area (Å²) in [6.45, 7) is 0.212. The lowest BCUT2D eigenvalue weighted by molar-refractivity contribution is -0.140. The van der Waals surface area contributed by atoms with Crippen LogP contribution in [-0.2, 0) is 9.53 Å². The highest BCUT2D eigenvalue weighted by Crippen LogP contribution is 2.32. The molecule has 0 saturated carbocycles. The molecule has 10 nitrogen and oxygen atoms in total. The van der Waals surface area contributed by atoms with Crippen molar-refractivity contribution in [1.82, 2.24) is 15.3 Å². The number of carbonyl (C=O) groups excluding carboxylic acids is 2. The molecule has 37 heavy (non-hydrogen) atoms. The first-order chi connectivity index (χ1) is 17.8. The van der Waals surface area contributed by atoms with E-state index in [1.165, 1.54) is 35.5 Å². The molecule has 3 aromatic rings. The molecule has 1 fully saturated rings. The third-order valence-electron chi connectivity index (χ3n) is 5.68. The van der Waals surface area contributed by atoms with Crippen molar-refractivity contribution < 1.29 is 33.3 Å². The third kappa shape index (κ3) is 5.35. The van der Waals surface area contributed by atoms with Crippen molar-refractivity contribution >= 4 is 17.5 Å². The van der Waals surface area contributed by atoms with Crippen LogP contribution in [0.5, 0.6) is 17.2 Å². The summed E-state index contributed by atoms with van der Waals surface area (Å²) < 4.78 is 29.4. The highest BCUT2D eigenvalue weighted by atomic mass is 19.1. The van der Waals surface area contributed by atoms with Crippen LogP contribution in [0, 0.1) is 17.8 Å². The number of fused-ring (bicyclic) bond motifs is 1. The number of rotatable bonds is 4. The van der Waals surface area contributed by atoms with Crippen LogP contribution in [0.25, 0.3) is 0 Å². The molecule has 2 aliphatic rings. The minimum absolute atomic E-state index is 0.0141. The molecule has 1 saturated heterocycles. The molecule has 0 spiro atoms. The monoisotopic (exact) mass is 504 g/mol. The molecular weight excluding hydrogens is 483 g/mol. The summed E-state index contributed by atoms with van der Waals surface area (Å²) in [7, 11) is 1.57. The van der Waals surface area contributed by atoms with Crippen LogP contribution in [0.15, 0.2) is 54.9 Å². The largest absolute Gasteiger partial charge is 0.489 e. The highest BCUT2D eigenvalue weighted by molar-refractivity contribution is 6.03. The van der Waals surface area contributed by atoms with E-state index >= 15 is 0 Å².